The van der Waals surface area contributed by atoms with E-state index in [2.05, 4.69) is 10.1 Å². The molecule has 0 unspecified atom stereocenters. The molecule has 0 atom stereocenters. The molecule has 0 aliphatic rings. The van der Waals surface area contributed by atoms with Crippen LogP contribution in [-0.2, 0) is 17.6 Å². The van der Waals surface area contributed by atoms with E-state index in [4.69, 9.17) is 16.7 Å². The summed E-state index contributed by atoms with van der Waals surface area (Å²) in [4.78, 5) is 27.2. The van der Waals surface area contributed by atoms with E-state index >= 15 is 0 Å². The number of benzene rings is 1. The Morgan fingerprint density at radius 3 is 2.54 bits per heavy atom. The zero-order valence-corrected chi connectivity index (χ0v) is 14.5. The summed E-state index contributed by atoms with van der Waals surface area (Å²) in [5.41, 5.74) is 1.55. The summed E-state index contributed by atoms with van der Waals surface area (Å²) in [5.74, 6) is -1.35. The number of hydrogen-bond acceptors (Lipinski definition) is 5. The van der Waals surface area contributed by atoms with Crippen LogP contribution in [0.4, 0.5) is 0 Å². The number of aliphatic hydroxyl groups excluding tert-OH is 1. The molecular formula is C18H16ClN3O4. The average Bonchev–Trinajstić information content (AvgIpc) is 3.08. The number of hydrogen-bond donors (Lipinski definition) is 2. The first-order chi connectivity index (χ1) is 12.5. The van der Waals surface area contributed by atoms with Gasteiger partial charge in [0, 0.05) is 23.2 Å². The van der Waals surface area contributed by atoms with Crippen LogP contribution in [0.1, 0.15) is 24.1 Å². The van der Waals surface area contributed by atoms with Gasteiger partial charge in [-0.2, -0.15) is 5.10 Å². The molecule has 0 amide bonds. The van der Waals surface area contributed by atoms with Crippen molar-refractivity contribution in [2.45, 2.75) is 25.7 Å². The molecule has 134 valence electrons. The van der Waals surface area contributed by atoms with Crippen molar-refractivity contribution >= 4 is 29.0 Å². The van der Waals surface area contributed by atoms with Crippen LogP contribution < -0.4 is 10.6 Å². The Hall–Kier alpha value is -2.93. The number of fused-ring (bicyclic) bond motifs is 1. The Balaban J connectivity index is 1.96. The highest BCUT2D eigenvalue weighted by atomic mass is 35.5. The molecule has 0 saturated carbocycles. The summed E-state index contributed by atoms with van der Waals surface area (Å²) in [5, 5.41) is 23.7. The molecule has 0 spiro atoms. The van der Waals surface area contributed by atoms with Crippen LogP contribution in [-0.4, -0.2) is 30.8 Å². The largest absolute Gasteiger partial charge is 0.511 e. The maximum atomic E-state index is 12.5. The summed E-state index contributed by atoms with van der Waals surface area (Å²) in [6, 6.07) is 8.85. The minimum absolute atomic E-state index is 0.000932. The first-order valence-corrected chi connectivity index (χ1v) is 8.37. The Morgan fingerprint density at radius 2 is 1.85 bits per heavy atom. The molecule has 1 aromatic carbocycles. The molecular weight excluding hydrogens is 358 g/mol. The van der Waals surface area contributed by atoms with Gasteiger partial charge in [-0.1, -0.05) is 23.7 Å². The second-order valence-corrected chi connectivity index (χ2v) is 6.27. The Bertz CT molecular complexity index is 1060. The third-order valence-corrected chi connectivity index (χ3v) is 4.29. The molecule has 26 heavy (non-hydrogen) atoms. The van der Waals surface area contributed by atoms with Crippen LogP contribution in [0.5, 0.6) is 0 Å². The predicted octanol–water partition coefficient (Wildman–Crippen LogP) is 1.78. The molecule has 0 fully saturated rings. The van der Waals surface area contributed by atoms with Gasteiger partial charge < -0.3 is 10.2 Å². The molecule has 0 saturated heterocycles. The first kappa shape index (κ1) is 17.9. The maximum Gasteiger partial charge on any atom is 0.303 e. The summed E-state index contributed by atoms with van der Waals surface area (Å²) in [6.45, 7) is 0. The smallest absolute Gasteiger partial charge is 0.303 e. The number of aromatic nitrogens is 3. The van der Waals surface area contributed by atoms with Crippen molar-refractivity contribution in [3.05, 3.63) is 68.4 Å². The van der Waals surface area contributed by atoms with Gasteiger partial charge in [0.1, 0.15) is 17.3 Å². The number of aliphatic hydroxyl groups is 1. The van der Waals surface area contributed by atoms with E-state index in [1.807, 2.05) is 12.1 Å². The minimum atomic E-state index is -1.05. The Morgan fingerprint density at radius 1 is 1.12 bits per heavy atom. The fourth-order valence-corrected chi connectivity index (χ4v) is 2.87. The number of aryl methyl sites for hydroxylation is 2. The number of nitrogens with zero attached hydrogens (tertiary/aromatic N) is 3. The number of halogens is 1. The van der Waals surface area contributed by atoms with Gasteiger partial charge in [0.2, 0.25) is 0 Å². The zero-order chi connectivity index (χ0) is 18.7. The molecule has 0 aliphatic carbocycles. The van der Waals surface area contributed by atoms with Crippen LogP contribution in [0.25, 0.3) is 11.4 Å². The molecule has 3 rings (SSSR count). The van der Waals surface area contributed by atoms with Crippen molar-refractivity contribution in [2.24, 2.45) is 0 Å². The third-order valence-electron chi connectivity index (χ3n) is 4.03. The lowest BCUT2D eigenvalue weighted by Gasteiger charge is -2.06. The summed E-state index contributed by atoms with van der Waals surface area (Å²) < 4.78 is 1.50. The molecule has 0 aliphatic heterocycles. The number of carboxylic acids is 1. The fraction of sp³-hybridized carbons (Fsp3) is 0.222. The van der Waals surface area contributed by atoms with Crippen molar-refractivity contribution in [1.82, 2.24) is 14.6 Å². The highest BCUT2D eigenvalue weighted by Crippen LogP contribution is 2.12. The van der Waals surface area contributed by atoms with E-state index in [9.17, 15) is 14.7 Å². The lowest BCUT2D eigenvalue weighted by molar-refractivity contribution is -0.136. The lowest BCUT2D eigenvalue weighted by atomic mass is 10.1. The molecule has 8 heteroatoms. The van der Waals surface area contributed by atoms with Crippen LogP contribution in [0.3, 0.4) is 0 Å². The van der Waals surface area contributed by atoms with Crippen LogP contribution in [0.2, 0.25) is 5.02 Å². The Kier molecular flexibility index (Phi) is 5.18. The van der Waals surface area contributed by atoms with Crippen molar-refractivity contribution in [1.29, 1.82) is 0 Å². The topological polar surface area (TPSA) is 105 Å². The quantitative estimate of drug-likeness (QED) is 0.682. The third kappa shape index (κ3) is 3.83. The predicted molar refractivity (Wildman–Crippen MR) is 96.2 cm³/mol. The van der Waals surface area contributed by atoms with E-state index in [1.54, 1.807) is 12.1 Å². The van der Waals surface area contributed by atoms with Gasteiger partial charge in [0.15, 0.2) is 11.1 Å². The van der Waals surface area contributed by atoms with Gasteiger partial charge >= 0.3 is 5.97 Å². The average molecular weight is 374 g/mol. The molecule has 3 aromatic rings. The number of pyridine rings is 1. The second kappa shape index (κ2) is 7.53. The van der Waals surface area contributed by atoms with E-state index in [1.165, 1.54) is 16.9 Å². The molecule has 0 radical (unpaired) electrons. The van der Waals surface area contributed by atoms with Crippen molar-refractivity contribution in [3.63, 3.8) is 0 Å². The number of carbonyl (C=O) groups is 1. The standard InChI is InChI=1S/C18H16ClN3O4/c19-12-4-1-11(2-5-12)3-6-13-9-15(24)17(14(23)7-8-16(25)26)18-20-10-21-22(13)18/h1-2,4-5,9-10,23H,3,6-8H2,(H,25,26). The van der Waals surface area contributed by atoms with Crippen molar-refractivity contribution < 1.29 is 15.0 Å². The SMILES string of the molecule is O=C(O)CCC(O)=c1c(=O)cc(CCc2ccc(Cl)cc2)n2ncnc12. The summed E-state index contributed by atoms with van der Waals surface area (Å²) in [6.07, 6.45) is 2.11. The molecule has 0 bridgehead atoms. The second-order valence-electron chi connectivity index (χ2n) is 5.84. The lowest BCUT2D eigenvalue weighted by Crippen LogP contribution is -2.31. The van der Waals surface area contributed by atoms with Gasteiger partial charge in [0.25, 0.3) is 0 Å². The number of rotatable bonds is 6. The normalized spacial score (nSPS) is 12.3. The summed E-state index contributed by atoms with van der Waals surface area (Å²) in [7, 11) is 0. The van der Waals surface area contributed by atoms with Crippen LogP contribution >= 0.6 is 11.6 Å². The molecule has 2 aromatic heterocycles. The van der Waals surface area contributed by atoms with Crippen molar-refractivity contribution in [2.75, 3.05) is 0 Å². The van der Waals surface area contributed by atoms with Crippen LogP contribution in [0, 0.1) is 0 Å². The van der Waals surface area contributed by atoms with E-state index in [-0.39, 0.29) is 29.5 Å². The maximum absolute atomic E-state index is 12.5. The van der Waals surface area contributed by atoms with Gasteiger partial charge in [-0.05, 0) is 30.5 Å². The highest BCUT2D eigenvalue weighted by Gasteiger charge is 2.12. The monoisotopic (exact) mass is 373 g/mol. The number of aliphatic carboxylic acids is 1. The van der Waals surface area contributed by atoms with E-state index in [0.29, 0.717) is 23.6 Å². The van der Waals surface area contributed by atoms with E-state index in [0.717, 1.165) is 5.56 Å². The molecule has 2 heterocycles. The van der Waals surface area contributed by atoms with Gasteiger partial charge in [0.05, 0.1) is 6.42 Å². The Labute approximate surface area is 153 Å². The van der Waals surface area contributed by atoms with Crippen LogP contribution in [0.15, 0.2) is 41.5 Å². The van der Waals surface area contributed by atoms with Gasteiger partial charge in [-0.3, -0.25) is 9.59 Å². The highest BCUT2D eigenvalue weighted by molar-refractivity contribution is 6.30. The fourth-order valence-electron chi connectivity index (χ4n) is 2.74. The summed E-state index contributed by atoms with van der Waals surface area (Å²) >= 11 is 5.88. The van der Waals surface area contributed by atoms with Gasteiger partial charge in [-0.15, -0.1) is 0 Å². The van der Waals surface area contributed by atoms with Crippen molar-refractivity contribution in [3.8, 4) is 0 Å². The number of carboxylic acid groups (broad SMARTS) is 1. The zero-order valence-electron chi connectivity index (χ0n) is 13.7. The molecule has 2 N–H and O–H groups in total. The van der Waals surface area contributed by atoms with Gasteiger partial charge in [-0.25, -0.2) is 9.50 Å². The first-order valence-electron chi connectivity index (χ1n) is 7.99. The molecule has 7 nitrogen and oxygen atoms in total. The minimum Gasteiger partial charge on any atom is -0.511 e. The van der Waals surface area contributed by atoms with E-state index < -0.39 is 11.4 Å².